The number of benzene rings is 1. The van der Waals surface area contributed by atoms with E-state index >= 15 is 0 Å². The molecule has 0 aliphatic heterocycles. The van der Waals surface area contributed by atoms with Crippen molar-refractivity contribution >= 4 is 23.3 Å². The molecule has 0 radical (unpaired) electrons. The van der Waals surface area contributed by atoms with Crippen LogP contribution in [-0.4, -0.2) is 31.6 Å². The first-order chi connectivity index (χ1) is 9.51. The number of urea groups is 1. The third kappa shape index (κ3) is 6.19. The Hall–Kier alpha value is -2.08. The van der Waals surface area contributed by atoms with Crippen molar-refractivity contribution in [2.45, 2.75) is 26.3 Å². The third-order valence-corrected chi connectivity index (χ3v) is 2.45. The molecule has 3 amide bonds. The molecule has 6 nitrogen and oxygen atoms in total. The monoisotopic (exact) mass is 278 g/mol. The lowest BCUT2D eigenvalue weighted by Crippen LogP contribution is -2.34. The Morgan fingerprint density at radius 3 is 2.10 bits per heavy atom. The molecule has 0 spiro atoms. The lowest BCUT2D eigenvalue weighted by Gasteiger charge is -2.11. The summed E-state index contributed by atoms with van der Waals surface area (Å²) in [7, 11) is 1.80. The summed E-state index contributed by atoms with van der Waals surface area (Å²) >= 11 is 0. The summed E-state index contributed by atoms with van der Waals surface area (Å²) in [5, 5.41) is 11.1. The van der Waals surface area contributed by atoms with Crippen molar-refractivity contribution in [3.05, 3.63) is 24.3 Å². The number of rotatable bonds is 6. The van der Waals surface area contributed by atoms with Gasteiger partial charge in [-0.25, -0.2) is 4.79 Å². The van der Waals surface area contributed by atoms with E-state index in [1.54, 1.807) is 31.3 Å². The fourth-order valence-electron chi connectivity index (χ4n) is 1.53. The average Bonchev–Trinajstić information content (AvgIpc) is 2.37. The average molecular weight is 278 g/mol. The largest absolute Gasteiger partial charge is 0.336 e. The van der Waals surface area contributed by atoms with Crippen LogP contribution < -0.4 is 21.3 Å². The second kappa shape index (κ2) is 8.16. The van der Waals surface area contributed by atoms with Gasteiger partial charge in [0.25, 0.3) is 0 Å². The fourth-order valence-corrected chi connectivity index (χ4v) is 1.53. The van der Waals surface area contributed by atoms with Crippen molar-refractivity contribution in [1.82, 2.24) is 10.6 Å². The zero-order chi connectivity index (χ0) is 15.0. The zero-order valence-corrected chi connectivity index (χ0v) is 12.1. The number of hydrogen-bond donors (Lipinski definition) is 4. The molecule has 0 saturated carbocycles. The Bertz CT molecular complexity index is 443. The zero-order valence-electron chi connectivity index (χ0n) is 12.1. The van der Waals surface area contributed by atoms with Crippen molar-refractivity contribution in [3.63, 3.8) is 0 Å². The minimum Gasteiger partial charge on any atom is -0.336 e. The first-order valence-electron chi connectivity index (χ1n) is 6.63. The minimum absolute atomic E-state index is 0.0439. The molecule has 4 N–H and O–H groups in total. The Balaban J connectivity index is 2.47. The highest BCUT2D eigenvalue weighted by molar-refractivity contribution is 5.92. The number of carbonyl (C=O) groups excluding carboxylic acids is 2. The summed E-state index contributed by atoms with van der Waals surface area (Å²) in [5.41, 5.74) is 1.39. The summed E-state index contributed by atoms with van der Waals surface area (Å²) in [6.07, 6.45) is 0.424. The van der Waals surface area contributed by atoms with E-state index in [9.17, 15) is 9.59 Å². The topological polar surface area (TPSA) is 82.3 Å². The lowest BCUT2D eigenvalue weighted by atomic mass is 10.2. The lowest BCUT2D eigenvalue weighted by molar-refractivity contribution is -0.116. The van der Waals surface area contributed by atoms with E-state index in [1.165, 1.54) is 0 Å². The van der Waals surface area contributed by atoms with Gasteiger partial charge in [0.1, 0.15) is 0 Å². The molecule has 0 atom stereocenters. The molecule has 1 rings (SSSR count). The van der Waals surface area contributed by atoms with Gasteiger partial charge in [-0.15, -0.1) is 0 Å². The Kier molecular flexibility index (Phi) is 6.52. The van der Waals surface area contributed by atoms with E-state index in [-0.39, 0.29) is 18.0 Å². The first-order valence-corrected chi connectivity index (χ1v) is 6.63. The van der Waals surface area contributed by atoms with Crippen LogP contribution in [0.15, 0.2) is 24.3 Å². The van der Waals surface area contributed by atoms with Crippen molar-refractivity contribution in [3.8, 4) is 0 Å². The van der Waals surface area contributed by atoms with Crippen LogP contribution >= 0.6 is 0 Å². The molecular formula is C14H22N4O2. The second-order valence-electron chi connectivity index (χ2n) is 4.73. The third-order valence-electron chi connectivity index (χ3n) is 2.45. The maximum atomic E-state index is 11.5. The van der Waals surface area contributed by atoms with Gasteiger partial charge in [-0.3, -0.25) is 4.79 Å². The van der Waals surface area contributed by atoms with Gasteiger partial charge < -0.3 is 21.3 Å². The van der Waals surface area contributed by atoms with Crippen LogP contribution in [0.5, 0.6) is 0 Å². The maximum Gasteiger partial charge on any atom is 0.319 e. The smallest absolute Gasteiger partial charge is 0.319 e. The van der Waals surface area contributed by atoms with Gasteiger partial charge in [-0.2, -0.15) is 0 Å². The van der Waals surface area contributed by atoms with E-state index in [1.807, 2.05) is 13.8 Å². The molecule has 6 heteroatoms. The van der Waals surface area contributed by atoms with E-state index < -0.39 is 0 Å². The van der Waals surface area contributed by atoms with Gasteiger partial charge >= 0.3 is 6.03 Å². The van der Waals surface area contributed by atoms with Gasteiger partial charge in [-0.05, 0) is 45.2 Å². The summed E-state index contributed by atoms with van der Waals surface area (Å²) in [4.78, 5) is 23.0. The van der Waals surface area contributed by atoms with E-state index in [0.717, 1.165) is 0 Å². The normalized spacial score (nSPS) is 10.2. The number of nitrogens with one attached hydrogen (secondary N) is 4. The van der Waals surface area contributed by atoms with E-state index in [2.05, 4.69) is 21.3 Å². The molecule has 0 bridgehead atoms. The predicted octanol–water partition coefficient (Wildman–Crippen LogP) is 1.76. The number of hydrogen-bond acceptors (Lipinski definition) is 3. The molecule has 0 fully saturated rings. The summed E-state index contributed by atoms with van der Waals surface area (Å²) in [6.45, 7) is 4.42. The summed E-state index contributed by atoms with van der Waals surface area (Å²) in [5.74, 6) is -0.0439. The standard InChI is InChI=1S/C14H22N4O2/c1-10(2)16-14(20)18-12-6-4-11(5-7-12)17-13(19)8-9-15-3/h4-7,10,15H,8-9H2,1-3H3,(H,17,19)(H2,16,18,20). The molecule has 0 unspecified atom stereocenters. The van der Waals surface area contributed by atoms with Crippen LogP contribution in [0.3, 0.4) is 0 Å². The Labute approximate surface area is 119 Å². The molecule has 1 aromatic carbocycles. The number of carbonyl (C=O) groups is 2. The van der Waals surface area contributed by atoms with Crippen molar-refractivity contribution in [2.75, 3.05) is 24.2 Å². The molecule has 20 heavy (non-hydrogen) atoms. The van der Waals surface area contributed by atoms with Gasteiger partial charge in [0.05, 0.1) is 0 Å². The Morgan fingerprint density at radius 1 is 1.05 bits per heavy atom. The van der Waals surface area contributed by atoms with Gasteiger partial charge in [0.15, 0.2) is 0 Å². The van der Waals surface area contributed by atoms with Gasteiger partial charge in [0, 0.05) is 30.4 Å². The van der Waals surface area contributed by atoms with E-state index in [0.29, 0.717) is 24.3 Å². The van der Waals surface area contributed by atoms with Crippen LogP contribution in [0.1, 0.15) is 20.3 Å². The van der Waals surface area contributed by atoms with Gasteiger partial charge in [0.2, 0.25) is 5.91 Å². The van der Waals surface area contributed by atoms with Crippen molar-refractivity contribution in [2.24, 2.45) is 0 Å². The molecule has 110 valence electrons. The molecule has 0 saturated heterocycles. The van der Waals surface area contributed by atoms with E-state index in [4.69, 9.17) is 0 Å². The highest BCUT2D eigenvalue weighted by Gasteiger charge is 2.04. The number of amides is 3. The van der Waals surface area contributed by atoms with Gasteiger partial charge in [-0.1, -0.05) is 0 Å². The van der Waals surface area contributed by atoms with Crippen molar-refractivity contribution in [1.29, 1.82) is 0 Å². The summed E-state index contributed by atoms with van der Waals surface area (Å²) < 4.78 is 0. The molecule has 0 aliphatic carbocycles. The first kappa shape index (κ1) is 16.0. The van der Waals surface area contributed by atoms with Crippen LogP contribution in [0.25, 0.3) is 0 Å². The molecule has 0 aliphatic rings. The van der Waals surface area contributed by atoms with Crippen molar-refractivity contribution < 1.29 is 9.59 Å². The molecule has 1 aromatic rings. The molecule has 0 heterocycles. The SMILES string of the molecule is CNCCC(=O)Nc1ccc(NC(=O)NC(C)C)cc1. The fraction of sp³-hybridized carbons (Fsp3) is 0.429. The van der Waals surface area contributed by atoms with Crippen LogP contribution in [-0.2, 0) is 4.79 Å². The predicted molar refractivity (Wildman–Crippen MR) is 80.9 cm³/mol. The number of anilines is 2. The minimum atomic E-state index is -0.245. The second-order valence-corrected chi connectivity index (χ2v) is 4.73. The van der Waals surface area contributed by atoms with Crippen LogP contribution in [0, 0.1) is 0 Å². The highest BCUT2D eigenvalue weighted by Crippen LogP contribution is 2.13. The molecular weight excluding hydrogens is 256 g/mol. The Morgan fingerprint density at radius 2 is 1.60 bits per heavy atom. The highest BCUT2D eigenvalue weighted by atomic mass is 16.2. The quantitative estimate of drug-likeness (QED) is 0.640. The van der Waals surface area contributed by atoms with Crippen LogP contribution in [0.2, 0.25) is 0 Å². The summed E-state index contributed by atoms with van der Waals surface area (Å²) in [6, 6.07) is 6.83. The molecule has 0 aromatic heterocycles. The van der Waals surface area contributed by atoms with Crippen LogP contribution in [0.4, 0.5) is 16.2 Å². The maximum absolute atomic E-state index is 11.5.